The highest BCUT2D eigenvalue weighted by Gasteiger charge is 1.79. The van der Waals surface area contributed by atoms with Crippen molar-refractivity contribution in [2.24, 2.45) is 0 Å². The van der Waals surface area contributed by atoms with E-state index < -0.39 is 0 Å². The number of ether oxygens (including phenoxy) is 1. The monoisotopic (exact) mass is 132 g/mol. The molecule has 8 heavy (non-hydrogen) atoms. The van der Waals surface area contributed by atoms with Gasteiger partial charge in [0.15, 0.2) is 0 Å². The molecule has 0 rings (SSSR count). The molecule has 0 aromatic heterocycles. The first-order valence-corrected chi connectivity index (χ1v) is 2.21. The van der Waals surface area contributed by atoms with Crippen molar-refractivity contribution in [3.8, 4) is 0 Å². The van der Waals surface area contributed by atoms with E-state index in [1.165, 1.54) is 0 Å². The predicted octanol–water partition coefficient (Wildman–Crippen LogP) is -1.93. The van der Waals surface area contributed by atoms with Crippen LogP contribution in [0.2, 0.25) is 0 Å². The Bertz CT molecular complexity index is 30.5. The number of aliphatic hydroxyl groups excluding tert-OH is 2. The van der Waals surface area contributed by atoms with Crippen molar-refractivity contribution in [1.82, 2.24) is 0 Å². The van der Waals surface area contributed by atoms with Gasteiger partial charge in [0, 0.05) is 0 Å². The van der Waals surface area contributed by atoms with Crippen molar-refractivity contribution in [1.29, 1.82) is 0 Å². The van der Waals surface area contributed by atoms with E-state index in [0.717, 1.165) is 0 Å². The van der Waals surface area contributed by atoms with Crippen molar-refractivity contribution >= 4 is 23.1 Å². The molecule has 48 valence electrons. The molecule has 0 atom stereocenters. The largest absolute Gasteiger partial charge is 0.394 e. The summed E-state index contributed by atoms with van der Waals surface area (Å²) in [7, 11) is 0. The first-order chi connectivity index (χ1) is 3.41. The molecule has 0 unspecified atom stereocenters. The first-order valence-electron chi connectivity index (χ1n) is 2.21. The zero-order chi connectivity index (χ0) is 5.54. The summed E-state index contributed by atoms with van der Waals surface area (Å²) in [5.41, 5.74) is 0. The van der Waals surface area contributed by atoms with E-state index in [1.807, 2.05) is 0 Å². The molecule has 0 fully saturated rings. The minimum atomic E-state index is 0. The maximum atomic E-state index is 8.09. The van der Waals surface area contributed by atoms with Crippen LogP contribution in [-0.4, -0.2) is 59.7 Å². The van der Waals surface area contributed by atoms with Crippen LogP contribution in [-0.2, 0) is 4.74 Å². The topological polar surface area (TPSA) is 49.7 Å². The third kappa shape index (κ3) is 9.82. The lowest BCUT2D eigenvalue weighted by Crippen LogP contribution is -2.03. The lowest BCUT2D eigenvalue weighted by atomic mass is 10.7. The van der Waals surface area contributed by atoms with Crippen LogP contribution in [0.4, 0.5) is 0 Å². The third-order valence-electron chi connectivity index (χ3n) is 0.471. The maximum absolute atomic E-state index is 8.09. The minimum absolute atomic E-state index is 0. The molecular formula is C4H12MgO3. The van der Waals surface area contributed by atoms with Crippen LogP contribution in [0, 0.1) is 0 Å². The van der Waals surface area contributed by atoms with E-state index in [0.29, 0.717) is 13.2 Å². The smallest absolute Gasteiger partial charge is 0.316 e. The number of rotatable bonds is 4. The second kappa shape index (κ2) is 10.6. The van der Waals surface area contributed by atoms with Gasteiger partial charge < -0.3 is 14.9 Å². The summed E-state index contributed by atoms with van der Waals surface area (Å²) in [6.45, 7) is 0.696. The molecule has 0 aliphatic heterocycles. The molecule has 2 N–H and O–H groups in total. The van der Waals surface area contributed by atoms with Crippen LogP contribution in [0.1, 0.15) is 0 Å². The van der Waals surface area contributed by atoms with Gasteiger partial charge >= 0.3 is 23.1 Å². The summed E-state index contributed by atoms with van der Waals surface area (Å²) >= 11 is 0. The fourth-order valence-corrected chi connectivity index (χ4v) is 0.231. The average molecular weight is 132 g/mol. The summed E-state index contributed by atoms with van der Waals surface area (Å²) in [5.74, 6) is 0. The number of hydrogen-bond acceptors (Lipinski definition) is 3. The Morgan fingerprint density at radius 2 is 1.38 bits per heavy atom. The molecule has 0 spiro atoms. The van der Waals surface area contributed by atoms with Gasteiger partial charge in [0.25, 0.3) is 0 Å². The first kappa shape index (κ1) is 11.4. The van der Waals surface area contributed by atoms with Crippen LogP contribution >= 0.6 is 0 Å². The van der Waals surface area contributed by atoms with Gasteiger partial charge in [0.2, 0.25) is 0 Å². The Balaban J connectivity index is 0. The summed E-state index contributed by atoms with van der Waals surface area (Å²) in [4.78, 5) is 0. The van der Waals surface area contributed by atoms with Crippen LogP contribution in [0.5, 0.6) is 0 Å². The van der Waals surface area contributed by atoms with E-state index in [-0.39, 0.29) is 36.3 Å². The second-order valence-corrected chi connectivity index (χ2v) is 1.06. The van der Waals surface area contributed by atoms with Gasteiger partial charge in [-0.2, -0.15) is 0 Å². The highest BCUT2D eigenvalue weighted by atomic mass is 24.3. The van der Waals surface area contributed by atoms with Gasteiger partial charge in [-0.05, 0) is 0 Å². The molecule has 0 heterocycles. The van der Waals surface area contributed by atoms with Gasteiger partial charge in [-0.15, -0.1) is 0 Å². The second-order valence-electron chi connectivity index (χ2n) is 1.06. The summed E-state index contributed by atoms with van der Waals surface area (Å²) in [6, 6.07) is 0. The van der Waals surface area contributed by atoms with Gasteiger partial charge in [-0.25, -0.2) is 0 Å². The molecule has 0 radical (unpaired) electrons. The van der Waals surface area contributed by atoms with Crippen LogP contribution in [0.25, 0.3) is 0 Å². The molecule has 0 aromatic rings. The van der Waals surface area contributed by atoms with E-state index in [4.69, 9.17) is 10.2 Å². The van der Waals surface area contributed by atoms with Gasteiger partial charge in [0.1, 0.15) is 0 Å². The fraction of sp³-hybridized carbons (Fsp3) is 1.00. The van der Waals surface area contributed by atoms with Crippen molar-refractivity contribution in [3.63, 3.8) is 0 Å². The van der Waals surface area contributed by atoms with Crippen LogP contribution < -0.4 is 0 Å². The van der Waals surface area contributed by atoms with Crippen molar-refractivity contribution in [2.45, 2.75) is 0 Å². The maximum Gasteiger partial charge on any atom is 0.316 e. The predicted molar refractivity (Wildman–Crippen MR) is 33.5 cm³/mol. The highest BCUT2D eigenvalue weighted by Crippen LogP contribution is 1.68. The van der Waals surface area contributed by atoms with E-state index >= 15 is 0 Å². The third-order valence-corrected chi connectivity index (χ3v) is 0.471. The van der Waals surface area contributed by atoms with Gasteiger partial charge in [-0.1, -0.05) is 0 Å². The van der Waals surface area contributed by atoms with E-state index in [9.17, 15) is 0 Å². The molecule has 0 bridgehead atoms. The Hall–Kier alpha value is 0.646. The minimum Gasteiger partial charge on any atom is -0.394 e. The zero-order valence-corrected chi connectivity index (χ0v) is 4.13. The zero-order valence-electron chi connectivity index (χ0n) is 4.13. The summed E-state index contributed by atoms with van der Waals surface area (Å²) in [6.07, 6.45) is 0. The standard InChI is InChI=1S/C4H10O3.Mg.2H/c5-1-3-7-4-2-6;;;/h5-6H,1-4H2;;;. The van der Waals surface area contributed by atoms with Gasteiger partial charge in [-0.3, -0.25) is 0 Å². The van der Waals surface area contributed by atoms with E-state index in [1.54, 1.807) is 0 Å². The number of hydrogen-bond donors (Lipinski definition) is 2. The van der Waals surface area contributed by atoms with Crippen LogP contribution in [0.3, 0.4) is 0 Å². The fourth-order valence-electron chi connectivity index (χ4n) is 0.231. The highest BCUT2D eigenvalue weighted by molar-refractivity contribution is 5.75. The molecule has 0 amide bonds. The molecular weight excluding hydrogens is 120 g/mol. The normalized spacial score (nSPS) is 8.25. The Labute approximate surface area is 64.8 Å². The molecule has 0 saturated heterocycles. The lowest BCUT2D eigenvalue weighted by Gasteiger charge is -1.94. The van der Waals surface area contributed by atoms with Crippen molar-refractivity contribution in [2.75, 3.05) is 26.4 Å². The quantitative estimate of drug-likeness (QED) is 0.346. The Morgan fingerprint density at radius 1 is 1.00 bits per heavy atom. The molecule has 0 aromatic carbocycles. The summed E-state index contributed by atoms with van der Waals surface area (Å²) < 4.78 is 4.63. The Morgan fingerprint density at radius 3 is 1.62 bits per heavy atom. The number of aliphatic hydroxyl groups is 2. The lowest BCUT2D eigenvalue weighted by molar-refractivity contribution is 0.0650. The molecule has 3 nitrogen and oxygen atoms in total. The molecule has 0 aliphatic carbocycles. The molecule has 4 heteroatoms. The van der Waals surface area contributed by atoms with Crippen molar-refractivity contribution < 1.29 is 14.9 Å². The SMILES string of the molecule is OCCOCCO.[MgH2]. The van der Waals surface area contributed by atoms with E-state index in [2.05, 4.69) is 4.74 Å². The van der Waals surface area contributed by atoms with Gasteiger partial charge in [0.05, 0.1) is 26.4 Å². The van der Waals surface area contributed by atoms with Crippen LogP contribution in [0.15, 0.2) is 0 Å². The molecule has 0 aliphatic rings. The molecule has 0 saturated carbocycles. The Kier molecular flexibility index (Phi) is 15.2. The van der Waals surface area contributed by atoms with Crippen molar-refractivity contribution in [3.05, 3.63) is 0 Å². The summed E-state index contributed by atoms with van der Waals surface area (Å²) in [5, 5.41) is 16.2. The average Bonchev–Trinajstić information content (AvgIpc) is 1.69.